The Morgan fingerprint density at radius 2 is 2.00 bits per heavy atom. The maximum absolute atomic E-state index is 12.3. The molecule has 6 heteroatoms. The van der Waals surface area contributed by atoms with Crippen molar-refractivity contribution in [3.8, 4) is 6.07 Å². The summed E-state index contributed by atoms with van der Waals surface area (Å²) in [5.41, 5.74) is 1.07. The lowest BCUT2D eigenvalue weighted by molar-refractivity contribution is 0.0118. The number of ether oxygens (including phenoxy) is 1. The molecule has 0 saturated carbocycles. The summed E-state index contributed by atoms with van der Waals surface area (Å²) in [6.07, 6.45) is 1.64. The number of furan rings is 1. The standard InChI is InChI=1S/C18H19N3O3/c19-12-14-3-5-15(6-4-14)18(22)20-13-16(17-2-1-9-24-17)21-7-10-23-11-8-21/h1-6,9,16H,7-8,10-11,13H2,(H,20,22). The quantitative estimate of drug-likeness (QED) is 0.909. The minimum absolute atomic E-state index is 0.0220. The Bertz CT molecular complexity index is 698. The number of nitriles is 1. The molecule has 1 fully saturated rings. The third kappa shape index (κ3) is 3.82. The zero-order valence-corrected chi connectivity index (χ0v) is 13.3. The van der Waals surface area contributed by atoms with Crippen LogP contribution in [0, 0.1) is 11.3 Å². The molecule has 2 heterocycles. The van der Waals surface area contributed by atoms with Crippen molar-refractivity contribution in [1.82, 2.24) is 10.2 Å². The Labute approximate surface area is 140 Å². The van der Waals surface area contributed by atoms with Crippen LogP contribution in [0.3, 0.4) is 0 Å². The minimum atomic E-state index is -0.163. The van der Waals surface area contributed by atoms with Gasteiger partial charge in [0, 0.05) is 25.2 Å². The molecule has 0 radical (unpaired) electrons. The minimum Gasteiger partial charge on any atom is -0.468 e. The fourth-order valence-corrected chi connectivity index (χ4v) is 2.77. The van der Waals surface area contributed by atoms with Crippen LogP contribution in [-0.2, 0) is 4.74 Å². The van der Waals surface area contributed by atoms with Crippen molar-refractivity contribution >= 4 is 5.91 Å². The second-order valence-corrected chi connectivity index (χ2v) is 5.58. The number of nitrogens with zero attached hydrogens (tertiary/aromatic N) is 2. The van der Waals surface area contributed by atoms with Gasteiger partial charge in [-0.25, -0.2) is 0 Å². The molecule has 1 aromatic carbocycles. The van der Waals surface area contributed by atoms with Gasteiger partial charge in [0.25, 0.3) is 5.91 Å². The van der Waals surface area contributed by atoms with Crippen LogP contribution in [-0.4, -0.2) is 43.7 Å². The first-order chi connectivity index (χ1) is 11.8. The number of hydrogen-bond acceptors (Lipinski definition) is 5. The van der Waals surface area contributed by atoms with E-state index in [1.165, 1.54) is 0 Å². The van der Waals surface area contributed by atoms with E-state index in [2.05, 4.69) is 10.2 Å². The Hall–Kier alpha value is -2.62. The molecule has 1 aromatic heterocycles. The highest BCUT2D eigenvalue weighted by Crippen LogP contribution is 2.21. The van der Waals surface area contributed by atoms with Gasteiger partial charge in [0.1, 0.15) is 5.76 Å². The lowest BCUT2D eigenvalue weighted by Crippen LogP contribution is -2.43. The third-order valence-corrected chi connectivity index (χ3v) is 4.09. The number of rotatable bonds is 5. The van der Waals surface area contributed by atoms with Gasteiger partial charge in [-0.1, -0.05) is 0 Å². The molecule has 1 N–H and O–H groups in total. The molecule has 1 aliphatic heterocycles. The predicted molar refractivity (Wildman–Crippen MR) is 87.3 cm³/mol. The van der Waals surface area contributed by atoms with Gasteiger partial charge in [0.05, 0.1) is 37.2 Å². The van der Waals surface area contributed by atoms with Crippen LogP contribution in [0.25, 0.3) is 0 Å². The highest BCUT2D eigenvalue weighted by molar-refractivity contribution is 5.94. The first kappa shape index (κ1) is 16.2. The Kier molecular flexibility index (Phi) is 5.26. The summed E-state index contributed by atoms with van der Waals surface area (Å²) in [5.74, 6) is 0.668. The molecular formula is C18H19N3O3. The lowest BCUT2D eigenvalue weighted by Gasteiger charge is -2.33. The van der Waals surface area contributed by atoms with Gasteiger partial charge in [0.15, 0.2) is 0 Å². The summed E-state index contributed by atoms with van der Waals surface area (Å²) in [6, 6.07) is 12.4. The molecule has 1 amide bonds. The van der Waals surface area contributed by atoms with E-state index in [-0.39, 0.29) is 11.9 Å². The number of nitrogens with one attached hydrogen (secondary N) is 1. The fraction of sp³-hybridized carbons (Fsp3) is 0.333. The van der Waals surface area contributed by atoms with Crippen molar-refractivity contribution in [1.29, 1.82) is 5.26 Å². The van der Waals surface area contributed by atoms with E-state index >= 15 is 0 Å². The first-order valence-electron chi connectivity index (χ1n) is 7.91. The lowest BCUT2D eigenvalue weighted by atomic mass is 10.1. The Morgan fingerprint density at radius 3 is 2.62 bits per heavy atom. The molecule has 6 nitrogen and oxygen atoms in total. The number of hydrogen-bond donors (Lipinski definition) is 1. The molecule has 124 valence electrons. The molecule has 0 aliphatic carbocycles. The van der Waals surface area contributed by atoms with Crippen LogP contribution < -0.4 is 5.32 Å². The molecule has 1 aliphatic rings. The molecule has 3 rings (SSSR count). The van der Waals surface area contributed by atoms with Crippen LogP contribution >= 0.6 is 0 Å². The summed E-state index contributed by atoms with van der Waals surface area (Å²) < 4.78 is 10.9. The molecule has 1 atom stereocenters. The molecule has 0 spiro atoms. The van der Waals surface area contributed by atoms with Crippen LogP contribution in [0.5, 0.6) is 0 Å². The van der Waals surface area contributed by atoms with Crippen molar-refractivity contribution in [3.05, 3.63) is 59.5 Å². The van der Waals surface area contributed by atoms with Crippen molar-refractivity contribution in [2.45, 2.75) is 6.04 Å². The fourth-order valence-electron chi connectivity index (χ4n) is 2.77. The monoisotopic (exact) mass is 325 g/mol. The van der Waals surface area contributed by atoms with E-state index in [1.807, 2.05) is 18.2 Å². The van der Waals surface area contributed by atoms with Crippen LogP contribution in [0.2, 0.25) is 0 Å². The highest BCUT2D eigenvalue weighted by atomic mass is 16.5. The van der Waals surface area contributed by atoms with E-state index in [1.54, 1.807) is 30.5 Å². The maximum atomic E-state index is 12.3. The van der Waals surface area contributed by atoms with Crippen molar-refractivity contribution in [3.63, 3.8) is 0 Å². The summed E-state index contributed by atoms with van der Waals surface area (Å²) in [7, 11) is 0. The molecule has 24 heavy (non-hydrogen) atoms. The number of benzene rings is 1. The molecule has 2 aromatic rings. The highest BCUT2D eigenvalue weighted by Gasteiger charge is 2.25. The normalized spacial score (nSPS) is 16.3. The largest absolute Gasteiger partial charge is 0.468 e. The molecule has 1 saturated heterocycles. The van der Waals surface area contributed by atoms with Gasteiger partial charge in [-0.15, -0.1) is 0 Å². The van der Waals surface area contributed by atoms with Crippen LogP contribution in [0.1, 0.15) is 27.7 Å². The second-order valence-electron chi connectivity index (χ2n) is 5.58. The second kappa shape index (κ2) is 7.77. The average molecular weight is 325 g/mol. The summed E-state index contributed by atoms with van der Waals surface area (Å²) in [5, 5.41) is 11.8. The van der Waals surface area contributed by atoms with Crippen molar-refractivity contribution in [2.75, 3.05) is 32.8 Å². The maximum Gasteiger partial charge on any atom is 0.251 e. The predicted octanol–water partition coefficient (Wildman–Crippen LogP) is 1.95. The van der Waals surface area contributed by atoms with Gasteiger partial charge >= 0.3 is 0 Å². The smallest absolute Gasteiger partial charge is 0.251 e. The van der Waals surface area contributed by atoms with Gasteiger partial charge in [-0.3, -0.25) is 9.69 Å². The molecular weight excluding hydrogens is 306 g/mol. The topological polar surface area (TPSA) is 78.5 Å². The Morgan fingerprint density at radius 1 is 1.25 bits per heavy atom. The van der Waals surface area contributed by atoms with Crippen molar-refractivity contribution < 1.29 is 13.9 Å². The zero-order valence-electron chi connectivity index (χ0n) is 13.3. The van der Waals surface area contributed by atoms with Gasteiger partial charge in [-0.2, -0.15) is 5.26 Å². The van der Waals surface area contributed by atoms with Crippen LogP contribution in [0.15, 0.2) is 47.1 Å². The molecule has 0 bridgehead atoms. The zero-order chi connectivity index (χ0) is 16.8. The van der Waals surface area contributed by atoms with E-state index in [4.69, 9.17) is 14.4 Å². The first-order valence-corrected chi connectivity index (χ1v) is 7.91. The van der Waals surface area contributed by atoms with Gasteiger partial charge in [-0.05, 0) is 36.4 Å². The summed E-state index contributed by atoms with van der Waals surface area (Å²) in [6.45, 7) is 3.42. The average Bonchev–Trinajstić information content (AvgIpc) is 3.17. The Balaban J connectivity index is 1.66. The van der Waals surface area contributed by atoms with E-state index in [0.717, 1.165) is 18.8 Å². The van der Waals surface area contributed by atoms with Gasteiger partial charge < -0.3 is 14.5 Å². The number of amides is 1. The summed E-state index contributed by atoms with van der Waals surface area (Å²) >= 11 is 0. The number of carbonyl (C=O) groups excluding carboxylic acids is 1. The summed E-state index contributed by atoms with van der Waals surface area (Å²) in [4.78, 5) is 14.6. The van der Waals surface area contributed by atoms with E-state index < -0.39 is 0 Å². The van der Waals surface area contributed by atoms with E-state index in [9.17, 15) is 4.79 Å². The van der Waals surface area contributed by atoms with Gasteiger partial charge in [0.2, 0.25) is 0 Å². The van der Waals surface area contributed by atoms with Crippen molar-refractivity contribution in [2.24, 2.45) is 0 Å². The SMILES string of the molecule is N#Cc1ccc(C(=O)NCC(c2ccco2)N2CCOCC2)cc1. The van der Waals surface area contributed by atoms with Crippen LogP contribution in [0.4, 0.5) is 0 Å². The third-order valence-electron chi connectivity index (χ3n) is 4.09. The number of carbonyl (C=O) groups is 1. The number of morpholine rings is 1. The molecule has 1 unspecified atom stereocenters. The van der Waals surface area contributed by atoms with E-state index in [0.29, 0.717) is 30.9 Å².